The maximum Gasteiger partial charge on any atom is 0.203 e. The molecule has 0 bridgehead atoms. The molecule has 0 unspecified atom stereocenters. The topological polar surface area (TPSA) is 66.7 Å². The Morgan fingerprint density at radius 1 is 1.36 bits per heavy atom. The van der Waals surface area contributed by atoms with E-state index in [2.05, 4.69) is 36.3 Å². The smallest absolute Gasteiger partial charge is 0.203 e. The molecule has 1 heterocycles. The van der Waals surface area contributed by atoms with Gasteiger partial charge in [-0.1, -0.05) is 20.8 Å². The number of phenols is 1. The van der Waals surface area contributed by atoms with Gasteiger partial charge in [0, 0.05) is 10.9 Å². The molecular formula is C16H21N3O2S. The number of benzene rings is 1. The predicted molar refractivity (Wildman–Crippen MR) is 91.4 cm³/mol. The quantitative estimate of drug-likeness (QED) is 0.662. The number of thiazole rings is 1. The number of rotatable bonds is 4. The molecule has 5 nitrogen and oxygen atoms in total. The number of hydrogen-bond acceptors (Lipinski definition) is 6. The first-order valence-corrected chi connectivity index (χ1v) is 7.82. The van der Waals surface area contributed by atoms with Crippen LogP contribution in [0.1, 0.15) is 37.6 Å². The number of phenolic OH excluding ortho intramolecular Hbond substituents is 1. The third-order valence-electron chi connectivity index (χ3n) is 3.17. The molecule has 0 amide bonds. The van der Waals surface area contributed by atoms with Crippen molar-refractivity contribution in [1.29, 1.82) is 0 Å². The molecule has 0 radical (unpaired) electrons. The largest absolute Gasteiger partial charge is 0.504 e. The van der Waals surface area contributed by atoms with E-state index in [4.69, 9.17) is 4.74 Å². The van der Waals surface area contributed by atoms with E-state index in [9.17, 15) is 5.11 Å². The van der Waals surface area contributed by atoms with Crippen molar-refractivity contribution in [2.75, 3.05) is 12.5 Å². The summed E-state index contributed by atoms with van der Waals surface area (Å²) in [7, 11) is 1.54. The fraction of sp³-hybridized carbons (Fsp3) is 0.375. The Morgan fingerprint density at radius 2 is 2.09 bits per heavy atom. The van der Waals surface area contributed by atoms with Gasteiger partial charge in [0.1, 0.15) is 0 Å². The summed E-state index contributed by atoms with van der Waals surface area (Å²) in [5.41, 5.74) is 5.42. The van der Waals surface area contributed by atoms with Crippen molar-refractivity contribution in [3.05, 3.63) is 34.3 Å². The van der Waals surface area contributed by atoms with Gasteiger partial charge in [0.2, 0.25) is 5.13 Å². The molecule has 1 aromatic heterocycles. The van der Waals surface area contributed by atoms with Crippen LogP contribution in [0.25, 0.3) is 0 Å². The second-order valence-electron chi connectivity index (χ2n) is 6.03. The van der Waals surface area contributed by atoms with Crippen LogP contribution in [0.4, 0.5) is 5.13 Å². The van der Waals surface area contributed by atoms with Crippen LogP contribution in [0.15, 0.2) is 22.6 Å². The van der Waals surface area contributed by atoms with E-state index in [0.29, 0.717) is 16.4 Å². The average Bonchev–Trinajstić information content (AvgIpc) is 2.85. The molecule has 0 aliphatic rings. The van der Waals surface area contributed by atoms with E-state index in [1.165, 1.54) is 11.3 Å². The highest BCUT2D eigenvalue weighted by Gasteiger charge is 2.18. The zero-order valence-electron chi connectivity index (χ0n) is 13.5. The van der Waals surface area contributed by atoms with Crippen LogP contribution >= 0.6 is 11.3 Å². The molecule has 0 saturated carbocycles. The summed E-state index contributed by atoms with van der Waals surface area (Å²) in [6.07, 6.45) is 1.57. The Labute approximate surface area is 134 Å². The molecule has 22 heavy (non-hydrogen) atoms. The van der Waals surface area contributed by atoms with Gasteiger partial charge in [0.25, 0.3) is 0 Å². The average molecular weight is 319 g/mol. The third kappa shape index (κ3) is 3.76. The van der Waals surface area contributed by atoms with Gasteiger partial charge in [-0.2, -0.15) is 5.10 Å². The highest BCUT2D eigenvalue weighted by atomic mass is 32.1. The van der Waals surface area contributed by atoms with Crippen LogP contribution in [0.5, 0.6) is 11.5 Å². The number of aromatic nitrogens is 1. The highest BCUT2D eigenvalue weighted by molar-refractivity contribution is 7.13. The summed E-state index contributed by atoms with van der Waals surface area (Å²) in [5, 5.41) is 17.0. The van der Waals surface area contributed by atoms with Gasteiger partial charge in [-0.3, -0.25) is 5.43 Å². The number of ether oxygens (including phenoxy) is 1. The number of nitrogens with zero attached hydrogens (tertiary/aromatic N) is 2. The molecular weight excluding hydrogens is 298 g/mol. The minimum Gasteiger partial charge on any atom is -0.504 e. The Balaban J connectivity index is 2.29. The zero-order valence-corrected chi connectivity index (χ0v) is 14.3. The number of aryl methyl sites for hydroxylation is 1. The fourth-order valence-electron chi connectivity index (χ4n) is 1.88. The first-order chi connectivity index (χ1) is 10.3. The molecule has 0 saturated heterocycles. The van der Waals surface area contributed by atoms with Gasteiger partial charge in [-0.05, 0) is 30.0 Å². The number of hydrazone groups is 1. The van der Waals surface area contributed by atoms with Gasteiger partial charge >= 0.3 is 0 Å². The molecule has 2 rings (SSSR count). The summed E-state index contributed by atoms with van der Waals surface area (Å²) in [4.78, 5) is 4.26. The SMILES string of the molecule is COc1cc(C(C)(C)C)cc(C=NNc2nc(C)cs2)c1O. The fourth-order valence-corrected chi connectivity index (χ4v) is 2.52. The van der Waals surface area contributed by atoms with Crippen LogP contribution in [0.2, 0.25) is 0 Å². The Bertz CT molecular complexity index is 687. The van der Waals surface area contributed by atoms with Gasteiger partial charge in [-0.15, -0.1) is 11.3 Å². The number of hydrogen-bond donors (Lipinski definition) is 2. The molecule has 0 fully saturated rings. The van der Waals surface area contributed by atoms with Crippen LogP contribution in [0.3, 0.4) is 0 Å². The van der Waals surface area contributed by atoms with Crippen molar-refractivity contribution < 1.29 is 9.84 Å². The van der Waals surface area contributed by atoms with Crippen molar-refractivity contribution in [2.45, 2.75) is 33.1 Å². The van der Waals surface area contributed by atoms with E-state index in [-0.39, 0.29) is 11.2 Å². The van der Waals surface area contributed by atoms with Crippen LogP contribution < -0.4 is 10.2 Å². The van der Waals surface area contributed by atoms with E-state index >= 15 is 0 Å². The second-order valence-corrected chi connectivity index (χ2v) is 6.89. The Kier molecular flexibility index (Phi) is 4.71. The molecule has 0 aliphatic carbocycles. The van der Waals surface area contributed by atoms with Crippen molar-refractivity contribution in [1.82, 2.24) is 4.98 Å². The molecule has 0 atom stereocenters. The maximum atomic E-state index is 10.2. The van der Waals surface area contributed by atoms with Gasteiger partial charge in [-0.25, -0.2) is 4.98 Å². The summed E-state index contributed by atoms with van der Waals surface area (Å²) in [6.45, 7) is 8.25. The monoisotopic (exact) mass is 319 g/mol. The lowest BCUT2D eigenvalue weighted by atomic mass is 9.86. The van der Waals surface area contributed by atoms with E-state index < -0.39 is 0 Å². The lowest BCUT2D eigenvalue weighted by Gasteiger charge is -2.21. The minimum atomic E-state index is -0.0522. The maximum absolute atomic E-state index is 10.2. The Hall–Kier alpha value is -2.08. The normalized spacial score (nSPS) is 11.9. The minimum absolute atomic E-state index is 0.0522. The van der Waals surface area contributed by atoms with Crippen LogP contribution in [-0.4, -0.2) is 23.4 Å². The molecule has 0 spiro atoms. The van der Waals surface area contributed by atoms with Gasteiger partial charge in [0.05, 0.1) is 19.0 Å². The van der Waals surface area contributed by atoms with Crippen molar-refractivity contribution >= 4 is 22.7 Å². The predicted octanol–water partition coefficient (Wildman–Crippen LogP) is 3.91. The van der Waals surface area contributed by atoms with Crippen LogP contribution in [-0.2, 0) is 5.41 Å². The number of anilines is 1. The molecule has 0 aliphatic heterocycles. The summed E-state index contributed by atoms with van der Waals surface area (Å²) in [5.74, 6) is 0.523. The third-order valence-corrected chi connectivity index (χ3v) is 4.04. The number of aromatic hydroxyl groups is 1. The Morgan fingerprint density at radius 3 is 2.64 bits per heavy atom. The summed E-state index contributed by atoms with van der Waals surface area (Å²) in [6, 6.07) is 3.76. The lowest BCUT2D eigenvalue weighted by molar-refractivity contribution is 0.371. The highest BCUT2D eigenvalue weighted by Crippen LogP contribution is 2.35. The second kappa shape index (κ2) is 6.36. The van der Waals surface area contributed by atoms with E-state index in [0.717, 1.165) is 11.3 Å². The zero-order chi connectivity index (χ0) is 16.3. The molecule has 1 aromatic carbocycles. The van der Waals surface area contributed by atoms with E-state index in [1.807, 2.05) is 24.4 Å². The molecule has 2 aromatic rings. The molecule has 2 N–H and O–H groups in total. The van der Waals surface area contributed by atoms with Gasteiger partial charge < -0.3 is 9.84 Å². The first-order valence-electron chi connectivity index (χ1n) is 6.94. The van der Waals surface area contributed by atoms with Crippen LogP contribution in [0, 0.1) is 6.92 Å². The standard InChI is InChI=1S/C16H21N3O2S/c1-10-9-22-15(18-10)19-17-8-11-6-12(16(2,3)4)7-13(21-5)14(11)20/h6-9,20H,1-5H3,(H,18,19). The summed E-state index contributed by atoms with van der Waals surface area (Å²) >= 11 is 1.48. The van der Waals surface area contributed by atoms with Crippen molar-refractivity contribution in [3.63, 3.8) is 0 Å². The molecule has 6 heteroatoms. The van der Waals surface area contributed by atoms with Crippen molar-refractivity contribution in [3.8, 4) is 11.5 Å². The summed E-state index contributed by atoms with van der Waals surface area (Å²) < 4.78 is 5.25. The van der Waals surface area contributed by atoms with E-state index in [1.54, 1.807) is 13.3 Å². The van der Waals surface area contributed by atoms with Crippen molar-refractivity contribution in [2.24, 2.45) is 5.10 Å². The first kappa shape index (κ1) is 16.3. The molecule has 118 valence electrons. The number of nitrogens with one attached hydrogen (secondary N) is 1. The lowest BCUT2D eigenvalue weighted by Crippen LogP contribution is -2.12. The number of methoxy groups -OCH3 is 1. The van der Waals surface area contributed by atoms with Gasteiger partial charge in [0.15, 0.2) is 11.5 Å².